The zero-order valence-electron chi connectivity index (χ0n) is 19.0. The van der Waals surface area contributed by atoms with Crippen LogP contribution >= 0.6 is 23.2 Å². The van der Waals surface area contributed by atoms with Gasteiger partial charge < -0.3 is 28.6 Å². The van der Waals surface area contributed by atoms with Gasteiger partial charge in [0.05, 0.1) is 56.3 Å². The smallest absolute Gasteiger partial charge is 0.296 e. The summed E-state index contributed by atoms with van der Waals surface area (Å²) in [6.45, 7) is -0.00249. The van der Waals surface area contributed by atoms with Crippen LogP contribution in [0.2, 0.25) is 10.0 Å². The van der Waals surface area contributed by atoms with E-state index in [-0.39, 0.29) is 39.2 Å². The van der Waals surface area contributed by atoms with Gasteiger partial charge in [0.25, 0.3) is 11.7 Å². The van der Waals surface area contributed by atoms with Crippen LogP contribution < -0.4 is 14.2 Å². The number of rotatable bonds is 7. The Morgan fingerprint density at radius 1 is 1.03 bits per heavy atom. The summed E-state index contributed by atoms with van der Waals surface area (Å²) in [6, 6.07) is 10.6. The van der Waals surface area contributed by atoms with Gasteiger partial charge in [-0.25, -0.2) is 0 Å². The molecule has 1 amide bonds. The molecule has 0 saturated carbocycles. The number of ketones is 1. The van der Waals surface area contributed by atoms with Crippen molar-refractivity contribution >= 4 is 40.7 Å². The van der Waals surface area contributed by atoms with Crippen LogP contribution in [0.15, 0.2) is 58.7 Å². The number of hydrogen-bond acceptors (Lipinski definition) is 7. The zero-order valence-corrected chi connectivity index (χ0v) is 20.5. The molecular formula is C25H21Cl2NO7. The number of halogens is 2. The molecule has 0 radical (unpaired) electrons. The lowest BCUT2D eigenvalue weighted by Crippen LogP contribution is -2.29. The maximum atomic E-state index is 13.3. The van der Waals surface area contributed by atoms with Crippen LogP contribution in [0.4, 0.5) is 0 Å². The number of aliphatic hydroxyl groups is 1. The molecule has 1 unspecified atom stereocenters. The molecule has 0 spiro atoms. The number of methoxy groups -OCH3 is 3. The van der Waals surface area contributed by atoms with E-state index in [0.29, 0.717) is 17.1 Å². The third-order valence-electron chi connectivity index (χ3n) is 5.65. The normalized spacial score (nSPS) is 17.1. The maximum absolute atomic E-state index is 13.3. The molecule has 1 N–H and O–H groups in total. The fourth-order valence-corrected chi connectivity index (χ4v) is 4.75. The van der Waals surface area contributed by atoms with E-state index in [1.807, 2.05) is 0 Å². The third-order valence-corrected chi connectivity index (χ3v) is 6.27. The summed E-state index contributed by atoms with van der Waals surface area (Å²) < 4.78 is 21.3. The number of Topliss-reactive ketones (excluding diaryl/α,β-unsaturated/α-hetero) is 1. The molecule has 1 aromatic heterocycles. The van der Waals surface area contributed by atoms with Gasteiger partial charge in [-0.05, 0) is 35.9 Å². The largest absolute Gasteiger partial charge is 0.507 e. The second-order valence-electron chi connectivity index (χ2n) is 7.57. The summed E-state index contributed by atoms with van der Waals surface area (Å²) in [5, 5.41) is 11.5. The molecule has 2 aromatic carbocycles. The van der Waals surface area contributed by atoms with Gasteiger partial charge in [0.2, 0.25) is 0 Å². The molecular weight excluding hydrogens is 497 g/mol. The van der Waals surface area contributed by atoms with Gasteiger partial charge >= 0.3 is 0 Å². The average molecular weight is 518 g/mol. The first-order valence-corrected chi connectivity index (χ1v) is 11.1. The van der Waals surface area contributed by atoms with E-state index < -0.39 is 23.5 Å². The number of furan rings is 1. The Balaban J connectivity index is 1.96. The molecule has 35 heavy (non-hydrogen) atoms. The Bertz CT molecular complexity index is 1320. The van der Waals surface area contributed by atoms with Crippen LogP contribution in [0.25, 0.3) is 5.76 Å². The zero-order chi connectivity index (χ0) is 25.3. The van der Waals surface area contributed by atoms with E-state index in [1.165, 1.54) is 38.6 Å². The van der Waals surface area contributed by atoms with Crippen LogP contribution in [0.5, 0.6) is 17.2 Å². The van der Waals surface area contributed by atoms with Crippen molar-refractivity contribution in [2.45, 2.75) is 12.6 Å². The van der Waals surface area contributed by atoms with Crippen LogP contribution in [0, 0.1) is 0 Å². The van der Waals surface area contributed by atoms with Crippen molar-refractivity contribution in [2.24, 2.45) is 0 Å². The van der Waals surface area contributed by atoms with Crippen LogP contribution in [-0.2, 0) is 16.1 Å². The molecule has 1 atom stereocenters. The van der Waals surface area contributed by atoms with Crippen molar-refractivity contribution < 1.29 is 33.3 Å². The molecule has 2 heterocycles. The van der Waals surface area contributed by atoms with Gasteiger partial charge in [0, 0.05) is 0 Å². The van der Waals surface area contributed by atoms with Crippen molar-refractivity contribution in [1.82, 2.24) is 4.90 Å². The van der Waals surface area contributed by atoms with Gasteiger partial charge in [0.1, 0.15) is 22.3 Å². The molecule has 1 fully saturated rings. The van der Waals surface area contributed by atoms with E-state index in [1.54, 1.807) is 36.4 Å². The van der Waals surface area contributed by atoms with E-state index in [2.05, 4.69) is 0 Å². The number of carbonyl (C=O) groups excluding carboxylic acids is 2. The molecule has 4 rings (SSSR count). The number of ether oxygens (including phenoxy) is 3. The number of amides is 1. The molecule has 1 saturated heterocycles. The summed E-state index contributed by atoms with van der Waals surface area (Å²) in [4.78, 5) is 27.8. The van der Waals surface area contributed by atoms with E-state index in [9.17, 15) is 14.7 Å². The maximum Gasteiger partial charge on any atom is 0.296 e. The molecule has 0 aliphatic carbocycles. The van der Waals surface area contributed by atoms with Gasteiger partial charge in [-0.15, -0.1) is 0 Å². The fourth-order valence-electron chi connectivity index (χ4n) is 4.06. The van der Waals surface area contributed by atoms with Crippen molar-refractivity contribution in [2.75, 3.05) is 21.3 Å². The Kier molecular flexibility index (Phi) is 6.95. The monoisotopic (exact) mass is 517 g/mol. The highest BCUT2D eigenvalue weighted by Gasteiger charge is 2.47. The van der Waals surface area contributed by atoms with E-state index in [4.69, 9.17) is 41.8 Å². The SMILES string of the molecule is COc1cccc(C2/C(=C(\O)c3cc(Cl)c(OC)c(Cl)c3OC)C(=O)C(=O)N2Cc2ccco2)c1. The number of carbonyl (C=O) groups is 2. The van der Waals surface area contributed by atoms with E-state index in [0.717, 1.165) is 0 Å². The molecule has 3 aromatic rings. The van der Waals surface area contributed by atoms with Crippen molar-refractivity contribution in [3.63, 3.8) is 0 Å². The van der Waals surface area contributed by atoms with Crippen LogP contribution in [0.1, 0.15) is 22.9 Å². The summed E-state index contributed by atoms with van der Waals surface area (Å²) in [5.74, 6) is -1.03. The fraction of sp³-hybridized carbons (Fsp3) is 0.200. The molecule has 10 heteroatoms. The van der Waals surface area contributed by atoms with Crippen molar-refractivity contribution in [1.29, 1.82) is 0 Å². The standard InChI is InChI=1S/C25H21Cl2NO7/c1-32-14-7-4-6-13(10-14)20-18(22(30)25(31)28(20)12-15-8-5-9-35-15)21(29)16-11-17(26)24(34-3)19(27)23(16)33-2/h4-11,20,29H,12H2,1-3H3/b21-18+. The number of aliphatic hydroxyl groups excluding tert-OH is 1. The Morgan fingerprint density at radius 2 is 1.77 bits per heavy atom. The molecule has 0 bridgehead atoms. The highest BCUT2D eigenvalue weighted by atomic mass is 35.5. The topological polar surface area (TPSA) is 98.4 Å². The van der Waals surface area contributed by atoms with Crippen molar-refractivity contribution in [3.05, 3.63) is 81.2 Å². The summed E-state index contributed by atoms with van der Waals surface area (Å²) in [5.41, 5.74) is 0.416. The first kappa shape index (κ1) is 24.5. The van der Waals surface area contributed by atoms with Crippen molar-refractivity contribution in [3.8, 4) is 17.2 Å². The number of hydrogen-bond donors (Lipinski definition) is 1. The quantitative estimate of drug-likeness (QED) is 0.260. The second-order valence-corrected chi connectivity index (χ2v) is 8.35. The van der Waals surface area contributed by atoms with Gasteiger partial charge in [0.15, 0.2) is 11.5 Å². The minimum absolute atomic E-state index is 0.00249. The first-order valence-electron chi connectivity index (χ1n) is 10.4. The molecule has 1 aliphatic heterocycles. The highest BCUT2D eigenvalue weighted by molar-refractivity contribution is 6.47. The number of benzene rings is 2. The second kappa shape index (κ2) is 9.93. The summed E-state index contributed by atoms with van der Waals surface area (Å²) >= 11 is 12.7. The van der Waals surface area contributed by atoms with Gasteiger partial charge in [-0.1, -0.05) is 35.3 Å². The minimum Gasteiger partial charge on any atom is -0.507 e. The lowest BCUT2D eigenvalue weighted by Gasteiger charge is -2.25. The van der Waals surface area contributed by atoms with Crippen LogP contribution in [-0.4, -0.2) is 43.0 Å². The Labute approximate surface area is 211 Å². The molecule has 182 valence electrons. The number of nitrogens with zero attached hydrogens (tertiary/aromatic N) is 1. The molecule has 1 aliphatic rings. The lowest BCUT2D eigenvalue weighted by atomic mass is 9.94. The summed E-state index contributed by atoms with van der Waals surface area (Å²) in [7, 11) is 4.24. The predicted octanol–water partition coefficient (Wildman–Crippen LogP) is 5.23. The third kappa shape index (κ3) is 4.31. The first-order chi connectivity index (χ1) is 16.8. The molecule has 8 nitrogen and oxygen atoms in total. The van der Waals surface area contributed by atoms with Gasteiger partial charge in [-0.3, -0.25) is 9.59 Å². The predicted molar refractivity (Wildman–Crippen MR) is 129 cm³/mol. The van der Waals surface area contributed by atoms with E-state index >= 15 is 0 Å². The average Bonchev–Trinajstić information content (AvgIpc) is 3.46. The lowest BCUT2D eigenvalue weighted by molar-refractivity contribution is -0.140. The van der Waals surface area contributed by atoms with Crippen LogP contribution in [0.3, 0.4) is 0 Å². The number of likely N-dealkylation sites (tertiary alicyclic amines) is 1. The summed E-state index contributed by atoms with van der Waals surface area (Å²) in [6.07, 6.45) is 1.47. The highest BCUT2D eigenvalue weighted by Crippen LogP contribution is 2.47. The Hall–Kier alpha value is -3.62. The Morgan fingerprint density at radius 3 is 2.40 bits per heavy atom. The van der Waals surface area contributed by atoms with Gasteiger partial charge in [-0.2, -0.15) is 0 Å². The minimum atomic E-state index is -0.959.